The molecule has 1 aliphatic rings. The Labute approximate surface area is 120 Å². The lowest BCUT2D eigenvalue weighted by atomic mass is 10.1. The SMILES string of the molecule is CN([C@@H]1CCCN(c2ccccc2)C1)S(=O)(=O)CCl. The van der Waals surface area contributed by atoms with E-state index in [-0.39, 0.29) is 11.3 Å². The van der Waals surface area contributed by atoms with Gasteiger partial charge in [-0.3, -0.25) is 0 Å². The summed E-state index contributed by atoms with van der Waals surface area (Å²) in [5.41, 5.74) is 1.14. The first-order valence-corrected chi connectivity index (χ1v) is 8.50. The Morgan fingerprint density at radius 3 is 2.68 bits per heavy atom. The molecule has 0 spiro atoms. The second-order valence-electron chi connectivity index (χ2n) is 4.81. The molecule has 1 heterocycles. The Bertz CT molecular complexity index is 507. The van der Waals surface area contributed by atoms with Crippen molar-refractivity contribution in [1.82, 2.24) is 4.31 Å². The number of piperidine rings is 1. The van der Waals surface area contributed by atoms with Crippen LogP contribution >= 0.6 is 11.6 Å². The average Bonchev–Trinajstić information content (AvgIpc) is 2.47. The summed E-state index contributed by atoms with van der Waals surface area (Å²) >= 11 is 5.52. The fourth-order valence-corrected chi connectivity index (χ4v) is 3.67. The third-order valence-corrected chi connectivity index (χ3v) is 5.89. The van der Waals surface area contributed by atoms with Crippen molar-refractivity contribution < 1.29 is 8.42 Å². The summed E-state index contributed by atoms with van der Waals surface area (Å²) in [4.78, 5) is 2.23. The smallest absolute Gasteiger partial charge is 0.228 e. The van der Waals surface area contributed by atoms with Gasteiger partial charge in [-0.05, 0) is 25.0 Å². The van der Waals surface area contributed by atoms with Gasteiger partial charge in [0.2, 0.25) is 10.0 Å². The van der Waals surface area contributed by atoms with E-state index >= 15 is 0 Å². The lowest BCUT2D eigenvalue weighted by Crippen LogP contribution is -2.48. The van der Waals surface area contributed by atoms with Gasteiger partial charge >= 0.3 is 0 Å². The molecule has 1 aromatic carbocycles. The minimum Gasteiger partial charge on any atom is -0.370 e. The zero-order chi connectivity index (χ0) is 13.9. The molecule has 0 radical (unpaired) electrons. The summed E-state index contributed by atoms with van der Waals surface area (Å²) < 4.78 is 25.1. The number of hydrogen-bond donors (Lipinski definition) is 0. The first-order valence-electron chi connectivity index (χ1n) is 6.36. The summed E-state index contributed by atoms with van der Waals surface area (Å²) in [6, 6.07) is 10.1. The van der Waals surface area contributed by atoms with Gasteiger partial charge in [-0.2, -0.15) is 4.31 Å². The maximum Gasteiger partial charge on any atom is 0.228 e. The summed E-state index contributed by atoms with van der Waals surface area (Å²) in [6.45, 7) is 1.69. The molecule has 1 fully saturated rings. The molecule has 19 heavy (non-hydrogen) atoms. The molecule has 6 heteroatoms. The van der Waals surface area contributed by atoms with E-state index in [9.17, 15) is 8.42 Å². The maximum absolute atomic E-state index is 11.8. The molecule has 1 aromatic rings. The first-order chi connectivity index (χ1) is 9.04. The van der Waals surface area contributed by atoms with E-state index in [1.165, 1.54) is 4.31 Å². The summed E-state index contributed by atoms with van der Waals surface area (Å²) in [5.74, 6) is 0. The zero-order valence-electron chi connectivity index (χ0n) is 11.0. The number of para-hydroxylation sites is 1. The van der Waals surface area contributed by atoms with Crippen LogP contribution in [0.5, 0.6) is 0 Å². The molecule has 0 aliphatic carbocycles. The monoisotopic (exact) mass is 302 g/mol. The maximum atomic E-state index is 11.8. The van der Waals surface area contributed by atoms with Crippen molar-refractivity contribution in [2.45, 2.75) is 18.9 Å². The van der Waals surface area contributed by atoms with Crippen LogP contribution < -0.4 is 4.90 Å². The fourth-order valence-electron chi connectivity index (χ4n) is 2.43. The Kier molecular flexibility index (Phi) is 4.71. The van der Waals surface area contributed by atoms with Gasteiger partial charge in [-0.1, -0.05) is 18.2 Å². The average molecular weight is 303 g/mol. The predicted octanol–water partition coefficient (Wildman–Crippen LogP) is 2.11. The molecule has 0 aromatic heterocycles. The number of anilines is 1. The molecule has 0 N–H and O–H groups in total. The summed E-state index contributed by atoms with van der Waals surface area (Å²) in [7, 11) is -1.71. The molecular weight excluding hydrogens is 284 g/mol. The van der Waals surface area contributed by atoms with Crippen molar-refractivity contribution >= 4 is 27.3 Å². The summed E-state index contributed by atoms with van der Waals surface area (Å²) in [5, 5.41) is -0.356. The Morgan fingerprint density at radius 2 is 2.05 bits per heavy atom. The molecule has 0 bridgehead atoms. The molecule has 1 saturated heterocycles. The van der Waals surface area contributed by atoms with Crippen molar-refractivity contribution in [2.24, 2.45) is 0 Å². The molecule has 4 nitrogen and oxygen atoms in total. The topological polar surface area (TPSA) is 40.6 Å². The molecule has 1 aliphatic heterocycles. The van der Waals surface area contributed by atoms with Crippen LogP contribution in [0.4, 0.5) is 5.69 Å². The third kappa shape index (κ3) is 3.41. The van der Waals surface area contributed by atoms with E-state index in [2.05, 4.69) is 17.0 Å². The molecule has 1 atom stereocenters. The van der Waals surface area contributed by atoms with E-state index in [0.29, 0.717) is 0 Å². The van der Waals surface area contributed by atoms with Gasteiger partial charge in [-0.15, -0.1) is 11.6 Å². The molecule has 2 rings (SSSR count). The highest BCUT2D eigenvalue weighted by molar-refractivity contribution is 7.90. The second-order valence-corrected chi connectivity index (χ2v) is 7.43. The largest absolute Gasteiger partial charge is 0.370 e. The first kappa shape index (κ1) is 14.6. The Morgan fingerprint density at radius 1 is 1.37 bits per heavy atom. The van der Waals surface area contributed by atoms with Crippen LogP contribution in [-0.4, -0.2) is 44.1 Å². The molecule has 0 saturated carbocycles. The van der Waals surface area contributed by atoms with Crippen LogP contribution in [0.2, 0.25) is 0 Å². The second kappa shape index (κ2) is 6.11. The quantitative estimate of drug-likeness (QED) is 0.800. The standard InChI is InChI=1S/C13H19ClN2O2S/c1-15(19(17,18)11-14)13-8-5-9-16(10-13)12-6-3-2-4-7-12/h2-4,6-7,13H,5,8-11H2,1H3/t13-/m1/s1. The van der Waals surface area contributed by atoms with Crippen LogP contribution in [-0.2, 0) is 10.0 Å². The van der Waals surface area contributed by atoms with Crippen LogP contribution in [0.15, 0.2) is 30.3 Å². The number of rotatable bonds is 4. The Balaban J connectivity index is 2.10. The minimum atomic E-state index is -3.33. The Hall–Kier alpha value is -0.780. The van der Waals surface area contributed by atoms with Crippen molar-refractivity contribution in [3.05, 3.63) is 30.3 Å². The van der Waals surface area contributed by atoms with E-state index in [1.807, 2.05) is 18.2 Å². The zero-order valence-corrected chi connectivity index (χ0v) is 12.6. The number of nitrogens with zero attached hydrogens (tertiary/aromatic N) is 2. The highest BCUT2D eigenvalue weighted by Gasteiger charge is 2.29. The lowest BCUT2D eigenvalue weighted by molar-refractivity contribution is 0.321. The van der Waals surface area contributed by atoms with E-state index in [0.717, 1.165) is 31.6 Å². The van der Waals surface area contributed by atoms with Gasteiger partial charge in [0, 0.05) is 31.9 Å². The number of alkyl halides is 1. The molecular formula is C13H19ClN2O2S. The van der Waals surface area contributed by atoms with E-state index in [1.54, 1.807) is 7.05 Å². The highest BCUT2D eigenvalue weighted by Crippen LogP contribution is 2.23. The van der Waals surface area contributed by atoms with E-state index < -0.39 is 10.0 Å². The number of hydrogen-bond acceptors (Lipinski definition) is 3. The number of halogens is 1. The van der Waals surface area contributed by atoms with Crippen molar-refractivity contribution in [1.29, 1.82) is 0 Å². The van der Waals surface area contributed by atoms with Crippen LogP contribution in [0.25, 0.3) is 0 Å². The molecule has 0 unspecified atom stereocenters. The predicted molar refractivity (Wildman–Crippen MR) is 79.1 cm³/mol. The molecule has 106 valence electrons. The van der Waals surface area contributed by atoms with Crippen LogP contribution in [0, 0.1) is 0 Å². The van der Waals surface area contributed by atoms with Gasteiger partial charge in [0.25, 0.3) is 0 Å². The van der Waals surface area contributed by atoms with Crippen molar-refractivity contribution in [2.75, 3.05) is 30.2 Å². The van der Waals surface area contributed by atoms with Crippen LogP contribution in [0.3, 0.4) is 0 Å². The number of benzene rings is 1. The van der Waals surface area contributed by atoms with Gasteiger partial charge in [0.15, 0.2) is 0 Å². The normalized spacial score (nSPS) is 20.8. The third-order valence-electron chi connectivity index (χ3n) is 3.61. The summed E-state index contributed by atoms with van der Waals surface area (Å²) in [6.07, 6.45) is 1.87. The van der Waals surface area contributed by atoms with Gasteiger partial charge in [0.05, 0.1) is 0 Å². The fraction of sp³-hybridized carbons (Fsp3) is 0.538. The van der Waals surface area contributed by atoms with Gasteiger partial charge < -0.3 is 4.90 Å². The highest BCUT2D eigenvalue weighted by atomic mass is 35.5. The van der Waals surface area contributed by atoms with Crippen LogP contribution in [0.1, 0.15) is 12.8 Å². The van der Waals surface area contributed by atoms with Crippen molar-refractivity contribution in [3.63, 3.8) is 0 Å². The molecule has 0 amide bonds. The number of sulfonamides is 1. The van der Waals surface area contributed by atoms with E-state index in [4.69, 9.17) is 11.6 Å². The van der Waals surface area contributed by atoms with Crippen molar-refractivity contribution in [3.8, 4) is 0 Å². The minimum absolute atomic E-state index is 0.00212. The van der Waals surface area contributed by atoms with Gasteiger partial charge in [-0.25, -0.2) is 8.42 Å². The lowest BCUT2D eigenvalue weighted by Gasteiger charge is -2.38. The number of likely N-dealkylation sites (N-methyl/N-ethyl adjacent to an activating group) is 1. The van der Waals surface area contributed by atoms with Gasteiger partial charge in [0.1, 0.15) is 5.21 Å².